The van der Waals surface area contributed by atoms with E-state index in [9.17, 15) is 4.39 Å². The van der Waals surface area contributed by atoms with Crippen LogP contribution in [-0.2, 0) is 0 Å². The molecular weight excluding hydrogens is 201 g/mol. The number of halogens is 2. The molecule has 0 atom stereocenters. The van der Waals surface area contributed by atoms with Gasteiger partial charge in [-0.3, -0.25) is 0 Å². The van der Waals surface area contributed by atoms with E-state index in [4.69, 9.17) is 0 Å². The molecule has 1 aliphatic heterocycles. The molecule has 0 spiro atoms. The molecule has 0 radical (unpaired) electrons. The van der Waals surface area contributed by atoms with Gasteiger partial charge < -0.3 is 5.32 Å². The van der Waals surface area contributed by atoms with E-state index in [1.165, 1.54) is 18.4 Å². The molecule has 0 aliphatic carbocycles. The first-order chi connectivity index (χ1) is 6.36. The fourth-order valence-electron chi connectivity index (χ4n) is 1.89. The lowest BCUT2D eigenvalue weighted by Crippen LogP contribution is -2.26. The lowest BCUT2D eigenvalue weighted by Gasteiger charge is -2.22. The van der Waals surface area contributed by atoms with Crippen LogP contribution < -0.4 is 5.32 Å². The van der Waals surface area contributed by atoms with Crippen LogP contribution in [0.3, 0.4) is 0 Å². The summed E-state index contributed by atoms with van der Waals surface area (Å²) in [6.07, 6.45) is 2.34. The first kappa shape index (κ1) is 11.5. The average Bonchev–Trinajstić information content (AvgIpc) is 2.20. The van der Waals surface area contributed by atoms with Gasteiger partial charge in [0.05, 0.1) is 0 Å². The van der Waals surface area contributed by atoms with Crippen LogP contribution in [0.5, 0.6) is 0 Å². The average molecular weight is 216 g/mol. The van der Waals surface area contributed by atoms with E-state index in [0.29, 0.717) is 5.92 Å². The van der Waals surface area contributed by atoms with Crippen molar-refractivity contribution in [1.82, 2.24) is 5.32 Å². The van der Waals surface area contributed by atoms with Crippen molar-refractivity contribution < 1.29 is 4.39 Å². The van der Waals surface area contributed by atoms with Crippen molar-refractivity contribution in [2.24, 2.45) is 0 Å². The van der Waals surface area contributed by atoms with Crippen LogP contribution in [0.15, 0.2) is 24.3 Å². The first-order valence-electron chi connectivity index (χ1n) is 4.82. The van der Waals surface area contributed by atoms with Crippen molar-refractivity contribution in [3.05, 3.63) is 35.6 Å². The summed E-state index contributed by atoms with van der Waals surface area (Å²) >= 11 is 0. The minimum Gasteiger partial charge on any atom is -0.317 e. The monoisotopic (exact) mass is 215 g/mol. The molecule has 14 heavy (non-hydrogen) atoms. The maximum Gasteiger partial charge on any atom is 0.123 e. The van der Waals surface area contributed by atoms with Crippen molar-refractivity contribution >= 4 is 12.4 Å². The molecule has 1 N–H and O–H groups in total. The van der Waals surface area contributed by atoms with E-state index in [-0.39, 0.29) is 18.2 Å². The Bertz CT molecular complexity index is 267. The summed E-state index contributed by atoms with van der Waals surface area (Å²) in [7, 11) is 0. The topological polar surface area (TPSA) is 12.0 Å². The summed E-state index contributed by atoms with van der Waals surface area (Å²) in [5.74, 6) is 0.486. The fraction of sp³-hybridized carbons (Fsp3) is 0.455. The second-order valence-electron chi connectivity index (χ2n) is 3.58. The maximum atomic E-state index is 12.6. The number of piperidine rings is 1. The molecular formula is C11H15ClFN. The summed E-state index contributed by atoms with van der Waals surface area (Å²) in [4.78, 5) is 0. The van der Waals surface area contributed by atoms with E-state index in [1.54, 1.807) is 12.1 Å². The van der Waals surface area contributed by atoms with E-state index in [2.05, 4.69) is 5.32 Å². The van der Waals surface area contributed by atoms with Crippen LogP contribution in [0.4, 0.5) is 4.39 Å². The zero-order valence-electron chi connectivity index (χ0n) is 8.00. The van der Waals surface area contributed by atoms with Crippen LogP contribution >= 0.6 is 12.4 Å². The SMILES string of the molecule is Cl.Fc1ccc(C2CCNCC2)cc1. The Balaban J connectivity index is 0.000000980. The zero-order valence-corrected chi connectivity index (χ0v) is 8.82. The molecule has 1 aliphatic rings. The molecule has 1 fully saturated rings. The van der Waals surface area contributed by atoms with Crippen molar-refractivity contribution in [3.8, 4) is 0 Å². The highest BCUT2D eigenvalue weighted by molar-refractivity contribution is 5.85. The third kappa shape index (κ3) is 2.69. The van der Waals surface area contributed by atoms with Crippen LogP contribution in [0.2, 0.25) is 0 Å². The predicted molar refractivity (Wildman–Crippen MR) is 58.5 cm³/mol. The first-order valence-corrected chi connectivity index (χ1v) is 4.82. The van der Waals surface area contributed by atoms with E-state index in [1.807, 2.05) is 12.1 Å². The van der Waals surface area contributed by atoms with E-state index >= 15 is 0 Å². The summed E-state index contributed by atoms with van der Waals surface area (Å²) in [5, 5.41) is 3.32. The largest absolute Gasteiger partial charge is 0.317 e. The molecule has 1 aromatic carbocycles. The Morgan fingerprint density at radius 1 is 1.07 bits per heavy atom. The van der Waals surface area contributed by atoms with Gasteiger partial charge in [-0.1, -0.05) is 12.1 Å². The highest BCUT2D eigenvalue weighted by Gasteiger charge is 2.14. The summed E-state index contributed by atoms with van der Waals surface area (Å²) in [6, 6.07) is 6.92. The third-order valence-electron chi connectivity index (χ3n) is 2.68. The smallest absolute Gasteiger partial charge is 0.123 e. The quantitative estimate of drug-likeness (QED) is 0.760. The molecule has 0 saturated carbocycles. The van der Waals surface area contributed by atoms with Crippen molar-refractivity contribution in [3.63, 3.8) is 0 Å². The minimum atomic E-state index is -0.141. The number of hydrogen-bond donors (Lipinski definition) is 1. The van der Waals surface area contributed by atoms with Crippen LogP contribution in [-0.4, -0.2) is 13.1 Å². The predicted octanol–water partition coefficient (Wildman–Crippen LogP) is 2.71. The lowest BCUT2D eigenvalue weighted by molar-refractivity contribution is 0.460. The molecule has 1 nitrogen and oxygen atoms in total. The summed E-state index contributed by atoms with van der Waals surface area (Å²) in [5.41, 5.74) is 1.28. The van der Waals surface area contributed by atoms with Gasteiger partial charge in [-0.2, -0.15) is 0 Å². The molecule has 3 heteroatoms. The summed E-state index contributed by atoms with van der Waals surface area (Å²) in [6.45, 7) is 2.17. The van der Waals surface area contributed by atoms with Crippen molar-refractivity contribution in [2.75, 3.05) is 13.1 Å². The fourth-order valence-corrected chi connectivity index (χ4v) is 1.89. The highest BCUT2D eigenvalue weighted by Crippen LogP contribution is 2.24. The Morgan fingerprint density at radius 3 is 2.21 bits per heavy atom. The van der Waals surface area contributed by atoms with Crippen LogP contribution in [0.1, 0.15) is 24.3 Å². The second-order valence-corrected chi connectivity index (χ2v) is 3.58. The third-order valence-corrected chi connectivity index (χ3v) is 2.68. The van der Waals surface area contributed by atoms with Gasteiger partial charge in [0.2, 0.25) is 0 Å². The van der Waals surface area contributed by atoms with Crippen LogP contribution in [0.25, 0.3) is 0 Å². The van der Waals surface area contributed by atoms with Gasteiger partial charge in [-0.05, 0) is 49.5 Å². The molecule has 1 saturated heterocycles. The Morgan fingerprint density at radius 2 is 1.64 bits per heavy atom. The van der Waals surface area contributed by atoms with Crippen molar-refractivity contribution in [1.29, 1.82) is 0 Å². The normalized spacial score (nSPS) is 17.5. The summed E-state index contributed by atoms with van der Waals surface area (Å²) < 4.78 is 12.6. The number of benzene rings is 1. The standard InChI is InChI=1S/C11H14FN.ClH/c12-11-3-1-9(2-4-11)10-5-7-13-8-6-10;/h1-4,10,13H,5-8H2;1H. The molecule has 0 amide bonds. The highest BCUT2D eigenvalue weighted by atomic mass is 35.5. The van der Waals surface area contributed by atoms with Gasteiger partial charge in [0.1, 0.15) is 5.82 Å². The maximum absolute atomic E-state index is 12.6. The minimum absolute atomic E-state index is 0. The van der Waals surface area contributed by atoms with Gasteiger partial charge in [-0.25, -0.2) is 4.39 Å². The van der Waals surface area contributed by atoms with E-state index < -0.39 is 0 Å². The molecule has 1 aromatic rings. The van der Waals surface area contributed by atoms with Gasteiger partial charge in [0, 0.05) is 0 Å². The molecule has 0 unspecified atom stereocenters. The van der Waals surface area contributed by atoms with Gasteiger partial charge in [-0.15, -0.1) is 12.4 Å². The van der Waals surface area contributed by atoms with E-state index in [0.717, 1.165) is 13.1 Å². The molecule has 2 rings (SSSR count). The molecule has 0 bridgehead atoms. The molecule has 1 heterocycles. The molecule has 78 valence electrons. The van der Waals surface area contributed by atoms with Crippen molar-refractivity contribution in [2.45, 2.75) is 18.8 Å². The van der Waals surface area contributed by atoms with Gasteiger partial charge in [0.15, 0.2) is 0 Å². The van der Waals surface area contributed by atoms with Gasteiger partial charge >= 0.3 is 0 Å². The zero-order chi connectivity index (χ0) is 9.10. The molecule has 0 aromatic heterocycles. The number of hydrogen-bond acceptors (Lipinski definition) is 1. The second kappa shape index (κ2) is 5.32. The van der Waals surface area contributed by atoms with Crippen LogP contribution in [0, 0.1) is 5.82 Å². The Hall–Kier alpha value is -0.600. The Labute approximate surface area is 90.1 Å². The number of rotatable bonds is 1. The van der Waals surface area contributed by atoms with Gasteiger partial charge in [0.25, 0.3) is 0 Å². The number of nitrogens with one attached hydrogen (secondary N) is 1. The Kier molecular flexibility index (Phi) is 4.36. The lowest BCUT2D eigenvalue weighted by atomic mass is 9.90.